The predicted octanol–water partition coefficient (Wildman–Crippen LogP) is 0.582. The predicted molar refractivity (Wildman–Crippen MR) is 67.7 cm³/mol. The molecule has 0 unspecified atom stereocenters. The molecule has 0 spiro atoms. The quantitative estimate of drug-likeness (QED) is 0.580. The molecule has 0 fully saturated rings. The van der Waals surface area contributed by atoms with Gasteiger partial charge in [-0.15, -0.1) is 0 Å². The van der Waals surface area contributed by atoms with Crippen molar-refractivity contribution in [1.82, 2.24) is 4.98 Å². The van der Waals surface area contributed by atoms with Crippen molar-refractivity contribution in [2.75, 3.05) is 24.3 Å². The monoisotopic (exact) mass is 233 g/mol. The topological polar surface area (TPSA) is 91.4 Å². The molecule has 2 aromatic rings. The van der Waals surface area contributed by atoms with E-state index in [2.05, 4.69) is 10.3 Å². The SMILES string of the molecule is Nc1ccc(NC(CO)CO)c2ncccc12. The minimum atomic E-state index is -0.399. The normalized spacial score (nSPS) is 11.0. The van der Waals surface area contributed by atoms with Crippen LogP contribution in [0.1, 0.15) is 0 Å². The number of nitrogens with two attached hydrogens (primary N) is 1. The number of benzene rings is 1. The first-order chi connectivity index (χ1) is 8.26. The minimum absolute atomic E-state index is 0.144. The van der Waals surface area contributed by atoms with Crippen molar-refractivity contribution in [3.63, 3.8) is 0 Å². The van der Waals surface area contributed by atoms with E-state index in [0.29, 0.717) is 5.69 Å². The van der Waals surface area contributed by atoms with Crippen LogP contribution in [0.3, 0.4) is 0 Å². The number of hydrogen-bond donors (Lipinski definition) is 4. The zero-order chi connectivity index (χ0) is 12.3. The van der Waals surface area contributed by atoms with E-state index in [4.69, 9.17) is 15.9 Å². The number of nitrogens with one attached hydrogen (secondary N) is 1. The Morgan fingerprint density at radius 2 is 2.00 bits per heavy atom. The molecule has 2 rings (SSSR count). The van der Waals surface area contributed by atoms with Gasteiger partial charge in [0, 0.05) is 17.3 Å². The molecule has 0 bridgehead atoms. The summed E-state index contributed by atoms with van der Waals surface area (Å²) in [5, 5.41) is 22.0. The summed E-state index contributed by atoms with van der Waals surface area (Å²) in [7, 11) is 0. The summed E-state index contributed by atoms with van der Waals surface area (Å²) >= 11 is 0. The van der Waals surface area contributed by atoms with E-state index in [-0.39, 0.29) is 13.2 Å². The number of fused-ring (bicyclic) bond motifs is 1. The van der Waals surface area contributed by atoms with Crippen molar-refractivity contribution in [3.05, 3.63) is 30.5 Å². The number of aliphatic hydroxyl groups excluding tert-OH is 2. The molecule has 0 saturated heterocycles. The van der Waals surface area contributed by atoms with Gasteiger partial charge in [0.15, 0.2) is 0 Å². The Kier molecular flexibility index (Phi) is 3.41. The highest BCUT2D eigenvalue weighted by Gasteiger charge is 2.09. The zero-order valence-electron chi connectivity index (χ0n) is 9.30. The fraction of sp³-hybridized carbons (Fsp3) is 0.250. The molecular weight excluding hydrogens is 218 g/mol. The fourth-order valence-electron chi connectivity index (χ4n) is 1.68. The Balaban J connectivity index is 2.44. The van der Waals surface area contributed by atoms with Crippen molar-refractivity contribution in [3.8, 4) is 0 Å². The Labute approximate surface area is 98.9 Å². The smallest absolute Gasteiger partial charge is 0.0953 e. The number of anilines is 2. The number of aromatic nitrogens is 1. The number of aliphatic hydroxyl groups is 2. The molecule has 1 aromatic carbocycles. The highest BCUT2D eigenvalue weighted by atomic mass is 16.3. The average molecular weight is 233 g/mol. The molecule has 5 nitrogen and oxygen atoms in total. The van der Waals surface area contributed by atoms with Crippen LogP contribution in [0.5, 0.6) is 0 Å². The van der Waals surface area contributed by atoms with Crippen LogP contribution in [-0.2, 0) is 0 Å². The molecule has 5 heteroatoms. The van der Waals surface area contributed by atoms with Crippen molar-refractivity contribution >= 4 is 22.3 Å². The summed E-state index contributed by atoms with van der Waals surface area (Å²) in [5.74, 6) is 0. The molecule has 0 atom stereocenters. The lowest BCUT2D eigenvalue weighted by atomic mass is 10.1. The van der Waals surface area contributed by atoms with Gasteiger partial charge in [-0.2, -0.15) is 0 Å². The van der Waals surface area contributed by atoms with Gasteiger partial charge in [-0.3, -0.25) is 4.98 Å². The van der Waals surface area contributed by atoms with Crippen LogP contribution in [0.25, 0.3) is 10.9 Å². The molecule has 0 aliphatic heterocycles. The summed E-state index contributed by atoms with van der Waals surface area (Å²) in [6.45, 7) is -0.287. The first kappa shape index (κ1) is 11.6. The first-order valence-electron chi connectivity index (χ1n) is 5.37. The van der Waals surface area contributed by atoms with E-state index in [1.165, 1.54) is 0 Å². The highest BCUT2D eigenvalue weighted by molar-refractivity contribution is 5.98. The van der Waals surface area contributed by atoms with Gasteiger partial charge in [0.25, 0.3) is 0 Å². The second-order valence-corrected chi connectivity index (χ2v) is 3.81. The lowest BCUT2D eigenvalue weighted by molar-refractivity contribution is 0.204. The fourth-order valence-corrected chi connectivity index (χ4v) is 1.68. The molecule has 17 heavy (non-hydrogen) atoms. The molecule has 0 aliphatic carbocycles. The number of nitrogens with zero attached hydrogens (tertiary/aromatic N) is 1. The average Bonchev–Trinajstić information content (AvgIpc) is 2.38. The van der Waals surface area contributed by atoms with Crippen molar-refractivity contribution in [2.24, 2.45) is 0 Å². The lowest BCUT2D eigenvalue weighted by Gasteiger charge is -2.16. The van der Waals surface area contributed by atoms with Gasteiger partial charge in [0.2, 0.25) is 0 Å². The number of nitrogen functional groups attached to an aromatic ring is 1. The third-order valence-electron chi connectivity index (χ3n) is 2.60. The van der Waals surface area contributed by atoms with Gasteiger partial charge in [-0.25, -0.2) is 0 Å². The number of pyridine rings is 1. The first-order valence-corrected chi connectivity index (χ1v) is 5.37. The lowest BCUT2D eigenvalue weighted by Crippen LogP contribution is -2.27. The summed E-state index contributed by atoms with van der Waals surface area (Å²) in [4.78, 5) is 4.26. The van der Waals surface area contributed by atoms with Crippen molar-refractivity contribution < 1.29 is 10.2 Å². The maximum absolute atomic E-state index is 9.05. The Morgan fingerprint density at radius 3 is 2.71 bits per heavy atom. The number of hydrogen-bond acceptors (Lipinski definition) is 5. The Hall–Kier alpha value is -1.85. The van der Waals surface area contributed by atoms with Crippen molar-refractivity contribution in [1.29, 1.82) is 0 Å². The van der Waals surface area contributed by atoms with Crippen LogP contribution in [0, 0.1) is 0 Å². The second-order valence-electron chi connectivity index (χ2n) is 3.81. The maximum Gasteiger partial charge on any atom is 0.0953 e. The molecule has 0 radical (unpaired) electrons. The molecular formula is C12H15N3O2. The van der Waals surface area contributed by atoms with Crippen LogP contribution in [0.2, 0.25) is 0 Å². The standard InChI is InChI=1S/C12H15N3O2/c13-10-3-4-11(15-8(6-16)7-17)12-9(10)2-1-5-14-12/h1-5,8,15-17H,6-7,13H2. The molecule has 1 aromatic heterocycles. The molecule has 0 saturated carbocycles. The van der Waals surface area contributed by atoms with E-state index in [1.54, 1.807) is 18.3 Å². The number of rotatable bonds is 4. The third-order valence-corrected chi connectivity index (χ3v) is 2.60. The van der Waals surface area contributed by atoms with Gasteiger partial charge < -0.3 is 21.3 Å². The summed E-state index contributed by atoms with van der Waals surface area (Å²) in [5.41, 5.74) is 8.00. The largest absolute Gasteiger partial charge is 0.398 e. The van der Waals surface area contributed by atoms with Crippen LogP contribution >= 0.6 is 0 Å². The van der Waals surface area contributed by atoms with Gasteiger partial charge >= 0.3 is 0 Å². The maximum atomic E-state index is 9.05. The van der Waals surface area contributed by atoms with E-state index < -0.39 is 6.04 Å². The molecule has 1 heterocycles. The van der Waals surface area contributed by atoms with Crippen LogP contribution in [0.4, 0.5) is 11.4 Å². The highest BCUT2D eigenvalue weighted by Crippen LogP contribution is 2.26. The third kappa shape index (κ3) is 2.30. The molecule has 90 valence electrons. The second kappa shape index (κ2) is 4.99. The van der Waals surface area contributed by atoms with Gasteiger partial charge in [-0.05, 0) is 24.3 Å². The molecule has 0 aliphatic rings. The van der Waals surface area contributed by atoms with Crippen LogP contribution < -0.4 is 11.1 Å². The van der Waals surface area contributed by atoms with Crippen LogP contribution in [0.15, 0.2) is 30.5 Å². The summed E-state index contributed by atoms with van der Waals surface area (Å²) < 4.78 is 0. The van der Waals surface area contributed by atoms with Gasteiger partial charge in [0.05, 0.1) is 30.5 Å². The van der Waals surface area contributed by atoms with Gasteiger partial charge in [-0.1, -0.05) is 0 Å². The zero-order valence-corrected chi connectivity index (χ0v) is 9.30. The van der Waals surface area contributed by atoms with E-state index in [0.717, 1.165) is 16.6 Å². The van der Waals surface area contributed by atoms with E-state index in [9.17, 15) is 0 Å². The summed E-state index contributed by atoms with van der Waals surface area (Å²) in [6, 6.07) is 6.87. The van der Waals surface area contributed by atoms with Crippen molar-refractivity contribution in [2.45, 2.75) is 6.04 Å². The molecule has 0 amide bonds. The van der Waals surface area contributed by atoms with E-state index in [1.807, 2.05) is 12.1 Å². The van der Waals surface area contributed by atoms with E-state index >= 15 is 0 Å². The van der Waals surface area contributed by atoms with Gasteiger partial charge in [0.1, 0.15) is 0 Å². The summed E-state index contributed by atoms with van der Waals surface area (Å²) in [6.07, 6.45) is 1.68. The Bertz CT molecular complexity index is 512. The van der Waals surface area contributed by atoms with Crippen LogP contribution in [-0.4, -0.2) is 34.5 Å². The Morgan fingerprint density at radius 1 is 1.24 bits per heavy atom. The minimum Gasteiger partial charge on any atom is -0.398 e. The molecule has 5 N–H and O–H groups in total.